The van der Waals surface area contributed by atoms with E-state index in [2.05, 4.69) is 5.10 Å². The summed E-state index contributed by atoms with van der Waals surface area (Å²) in [5.41, 5.74) is 0.715. The quantitative estimate of drug-likeness (QED) is 0.423. The Balaban J connectivity index is 1.97. The highest BCUT2D eigenvalue weighted by atomic mass is 35.5. The Morgan fingerprint density at radius 2 is 1.53 bits per heavy atom. The van der Waals surface area contributed by atoms with Gasteiger partial charge in [-0.1, -0.05) is 35.9 Å². The smallest absolute Gasteiger partial charge is 0.267 e. The van der Waals surface area contributed by atoms with Crippen LogP contribution in [0.2, 0.25) is 5.02 Å². The van der Waals surface area contributed by atoms with Gasteiger partial charge in [0.05, 0.1) is 16.7 Å². The monoisotopic (exact) mass is 472 g/mol. The zero-order valence-corrected chi connectivity index (χ0v) is 18.2. The fourth-order valence-electron chi connectivity index (χ4n) is 3.27. The molecule has 0 aliphatic carbocycles. The van der Waals surface area contributed by atoms with Crippen molar-refractivity contribution in [1.29, 1.82) is 0 Å². The number of sulfone groups is 1. The largest absolute Gasteiger partial charge is 0.280 e. The van der Waals surface area contributed by atoms with Gasteiger partial charge in [0, 0.05) is 16.8 Å². The van der Waals surface area contributed by atoms with Gasteiger partial charge < -0.3 is 0 Å². The van der Waals surface area contributed by atoms with Crippen LogP contribution in [0.3, 0.4) is 0 Å². The lowest BCUT2D eigenvalue weighted by Gasteiger charge is -2.13. The summed E-state index contributed by atoms with van der Waals surface area (Å²) in [7, 11) is -3.40. The van der Waals surface area contributed by atoms with Crippen molar-refractivity contribution in [2.75, 3.05) is 6.26 Å². The molecule has 0 N–H and O–H groups in total. The number of rotatable bonds is 4. The van der Waals surface area contributed by atoms with E-state index in [-0.39, 0.29) is 21.2 Å². The van der Waals surface area contributed by atoms with Crippen LogP contribution in [-0.2, 0) is 9.84 Å². The summed E-state index contributed by atoms with van der Waals surface area (Å²) in [4.78, 5) is 13.5. The summed E-state index contributed by atoms with van der Waals surface area (Å²) < 4.78 is 52.4. The topological polar surface area (TPSA) is 69.0 Å². The summed E-state index contributed by atoms with van der Waals surface area (Å²) in [6.07, 6.45) is 2.47. The lowest BCUT2D eigenvalue weighted by atomic mass is 9.97. The maximum atomic E-state index is 14.5. The van der Waals surface area contributed by atoms with Gasteiger partial charge in [0.1, 0.15) is 17.3 Å². The van der Waals surface area contributed by atoms with Crippen molar-refractivity contribution in [1.82, 2.24) is 9.78 Å². The van der Waals surface area contributed by atoms with E-state index in [4.69, 9.17) is 11.6 Å². The Hall–Kier alpha value is -3.36. The van der Waals surface area contributed by atoms with Crippen LogP contribution in [0.4, 0.5) is 8.78 Å². The van der Waals surface area contributed by atoms with Gasteiger partial charge in [0.2, 0.25) is 0 Å². The van der Waals surface area contributed by atoms with Gasteiger partial charge in [-0.15, -0.1) is 0 Å². The molecular weight excluding hydrogens is 458 g/mol. The fraction of sp³-hybridized carbons (Fsp3) is 0.0435. The molecule has 0 spiro atoms. The molecule has 0 amide bonds. The van der Waals surface area contributed by atoms with Crippen molar-refractivity contribution in [2.24, 2.45) is 0 Å². The van der Waals surface area contributed by atoms with E-state index in [1.54, 1.807) is 12.1 Å². The van der Waals surface area contributed by atoms with Crippen LogP contribution in [0, 0.1) is 11.6 Å². The second kappa shape index (κ2) is 8.29. The predicted octanol–water partition coefficient (Wildman–Crippen LogP) is 4.90. The first kappa shape index (κ1) is 21.9. The Labute approximate surface area is 187 Å². The number of halogens is 3. The van der Waals surface area contributed by atoms with E-state index in [0.29, 0.717) is 16.7 Å². The molecule has 0 aliphatic heterocycles. The first-order chi connectivity index (χ1) is 15.1. The molecule has 5 nitrogen and oxygen atoms in total. The summed E-state index contributed by atoms with van der Waals surface area (Å²) >= 11 is 5.81. The van der Waals surface area contributed by atoms with E-state index in [1.807, 2.05) is 0 Å². The predicted molar refractivity (Wildman–Crippen MR) is 119 cm³/mol. The Kier molecular flexibility index (Phi) is 5.66. The second-order valence-corrected chi connectivity index (χ2v) is 9.50. The van der Waals surface area contributed by atoms with Crippen molar-refractivity contribution in [3.63, 3.8) is 0 Å². The summed E-state index contributed by atoms with van der Waals surface area (Å²) in [5.74, 6) is -1.21. The van der Waals surface area contributed by atoms with Crippen molar-refractivity contribution in [2.45, 2.75) is 4.90 Å². The molecular formula is C23H15ClF2N2O3S. The summed E-state index contributed by atoms with van der Waals surface area (Å²) in [6.45, 7) is 0. The standard InChI is InChI=1S/C23H15ClF2N2O3S/c1-32(30,31)18-9-4-14(5-10-18)19-13-27-28(21-11-6-16(24)12-20(21)26)23(29)22(19)15-2-7-17(25)8-3-15/h2-13H,1H3. The highest BCUT2D eigenvalue weighted by Crippen LogP contribution is 2.30. The van der Waals surface area contributed by atoms with E-state index < -0.39 is 27.0 Å². The minimum absolute atomic E-state index is 0.0956. The van der Waals surface area contributed by atoms with Crippen LogP contribution < -0.4 is 5.56 Å². The number of hydrogen-bond acceptors (Lipinski definition) is 4. The normalized spacial score (nSPS) is 11.5. The van der Waals surface area contributed by atoms with Crippen LogP contribution >= 0.6 is 11.6 Å². The van der Waals surface area contributed by atoms with Crippen LogP contribution in [0.25, 0.3) is 27.9 Å². The molecule has 0 aliphatic rings. The molecule has 0 saturated carbocycles. The van der Waals surface area contributed by atoms with Crippen molar-refractivity contribution < 1.29 is 17.2 Å². The fourth-order valence-corrected chi connectivity index (χ4v) is 4.06. The molecule has 4 rings (SSSR count). The Morgan fingerprint density at radius 3 is 2.12 bits per heavy atom. The average molecular weight is 473 g/mol. The van der Waals surface area contributed by atoms with Crippen LogP contribution in [0.15, 0.2) is 82.6 Å². The van der Waals surface area contributed by atoms with Gasteiger partial charge >= 0.3 is 0 Å². The molecule has 32 heavy (non-hydrogen) atoms. The molecule has 0 saturated heterocycles. The zero-order valence-electron chi connectivity index (χ0n) is 16.6. The first-order valence-corrected chi connectivity index (χ1v) is 11.6. The van der Waals surface area contributed by atoms with E-state index in [0.717, 1.165) is 17.0 Å². The van der Waals surface area contributed by atoms with Crippen LogP contribution in [-0.4, -0.2) is 24.5 Å². The molecule has 162 valence electrons. The summed E-state index contributed by atoms with van der Waals surface area (Å²) in [6, 6.07) is 15.1. The lowest BCUT2D eigenvalue weighted by Crippen LogP contribution is -2.24. The molecule has 0 bridgehead atoms. The first-order valence-electron chi connectivity index (χ1n) is 9.29. The minimum atomic E-state index is -3.40. The molecule has 0 fully saturated rings. The molecule has 1 heterocycles. The lowest BCUT2D eigenvalue weighted by molar-refractivity contribution is 0.602. The molecule has 0 radical (unpaired) electrons. The summed E-state index contributed by atoms with van der Waals surface area (Å²) in [5, 5.41) is 4.29. The second-order valence-electron chi connectivity index (χ2n) is 7.05. The zero-order chi connectivity index (χ0) is 23.0. The third-order valence-corrected chi connectivity index (χ3v) is 6.21. The number of hydrogen-bond donors (Lipinski definition) is 0. The highest BCUT2D eigenvalue weighted by molar-refractivity contribution is 7.90. The van der Waals surface area contributed by atoms with Gasteiger partial charge in [0.25, 0.3) is 5.56 Å². The molecule has 3 aromatic carbocycles. The van der Waals surface area contributed by atoms with Gasteiger partial charge in [-0.2, -0.15) is 9.78 Å². The maximum absolute atomic E-state index is 14.5. The minimum Gasteiger partial charge on any atom is -0.267 e. The Morgan fingerprint density at radius 1 is 0.906 bits per heavy atom. The third kappa shape index (κ3) is 4.19. The van der Waals surface area contributed by atoms with Gasteiger partial charge in [0.15, 0.2) is 9.84 Å². The van der Waals surface area contributed by atoms with E-state index >= 15 is 0 Å². The van der Waals surface area contributed by atoms with Crippen molar-refractivity contribution in [3.05, 3.63) is 99.9 Å². The Bertz CT molecular complexity index is 1480. The van der Waals surface area contributed by atoms with Crippen LogP contribution in [0.1, 0.15) is 0 Å². The third-order valence-electron chi connectivity index (χ3n) is 4.84. The van der Waals surface area contributed by atoms with Gasteiger partial charge in [-0.05, 0) is 53.6 Å². The van der Waals surface area contributed by atoms with E-state index in [9.17, 15) is 22.0 Å². The molecule has 0 unspecified atom stereocenters. The molecule has 9 heteroatoms. The van der Waals surface area contributed by atoms with Crippen LogP contribution in [0.5, 0.6) is 0 Å². The van der Waals surface area contributed by atoms with Crippen molar-refractivity contribution >= 4 is 21.4 Å². The molecule has 1 aromatic heterocycles. The van der Waals surface area contributed by atoms with Crippen molar-refractivity contribution in [3.8, 4) is 27.9 Å². The van der Waals surface area contributed by atoms with E-state index in [1.165, 1.54) is 54.7 Å². The number of aromatic nitrogens is 2. The molecule has 4 aromatic rings. The highest BCUT2D eigenvalue weighted by Gasteiger charge is 2.18. The number of benzene rings is 3. The number of nitrogens with zero attached hydrogens (tertiary/aromatic N) is 2. The van der Waals surface area contributed by atoms with Gasteiger partial charge in [-0.3, -0.25) is 4.79 Å². The van der Waals surface area contributed by atoms with Gasteiger partial charge in [-0.25, -0.2) is 17.2 Å². The average Bonchev–Trinajstić information content (AvgIpc) is 2.74. The molecule has 0 atom stereocenters. The SMILES string of the molecule is CS(=O)(=O)c1ccc(-c2cnn(-c3ccc(Cl)cc3F)c(=O)c2-c2ccc(F)cc2)cc1. The maximum Gasteiger partial charge on any atom is 0.280 e.